The highest BCUT2D eigenvalue weighted by molar-refractivity contribution is 8.00. The number of rotatable bonds is 22. The summed E-state index contributed by atoms with van der Waals surface area (Å²) in [6.45, 7) is 8.45. The Kier molecular flexibility index (Phi) is 24.2. The van der Waals surface area contributed by atoms with Gasteiger partial charge in [-0.3, -0.25) is 4.79 Å². The van der Waals surface area contributed by atoms with Gasteiger partial charge in [0.1, 0.15) is 5.25 Å². The molecule has 0 spiro atoms. The molecule has 0 amide bonds. The molecule has 85 heavy (non-hydrogen) atoms. The molecule has 9 rings (SSSR count). The van der Waals surface area contributed by atoms with Gasteiger partial charge in [-0.25, -0.2) is 19.2 Å². The number of thioether (sulfide) groups is 4. The van der Waals surface area contributed by atoms with Gasteiger partial charge in [-0.15, -0.1) is 20.4 Å². The van der Waals surface area contributed by atoms with Gasteiger partial charge < -0.3 is 40.6 Å². The minimum Gasteiger partial charge on any atom is -0.480 e. The predicted octanol–water partition coefficient (Wildman–Crippen LogP) is 5.32. The lowest BCUT2D eigenvalue weighted by atomic mass is 10.0. The van der Waals surface area contributed by atoms with Crippen molar-refractivity contribution >= 4 is 76.9 Å². The summed E-state index contributed by atoms with van der Waals surface area (Å²) in [5.74, 6) is -3.00. The summed E-state index contributed by atoms with van der Waals surface area (Å²) in [6, 6.07) is 29.3. The molecular formula is C52H55N17O12S4. The SMILES string of the molecule is CC(Sc1nnnn1-c1ccc(C(=O)O)cc1)C(=O)O.CN(C)CCSc1nnnn1-c1ccc(C(=O)O)cc1.Cc1cc(C)c(CSc2nnnn2-c2ccc(C(=O)O)cc2)c(C)c1.O=C(O)c1ccc(-n2nnnc2SCC(O)CO)cc1. The molecule has 444 valence electrons. The van der Waals surface area contributed by atoms with Crippen molar-refractivity contribution in [2.75, 3.05) is 38.8 Å². The van der Waals surface area contributed by atoms with Crippen molar-refractivity contribution in [3.05, 3.63) is 154 Å². The number of aliphatic hydroxyl groups excluding tert-OH is 2. The number of hydrogen-bond donors (Lipinski definition) is 7. The van der Waals surface area contributed by atoms with Gasteiger partial charge in [-0.2, -0.15) is 18.7 Å². The van der Waals surface area contributed by atoms with E-state index in [0.29, 0.717) is 32.0 Å². The van der Waals surface area contributed by atoms with E-state index in [1.807, 2.05) is 14.1 Å². The number of carboxylic acids is 5. The zero-order valence-corrected chi connectivity index (χ0v) is 49.3. The molecule has 4 heterocycles. The van der Waals surface area contributed by atoms with E-state index >= 15 is 0 Å². The zero-order valence-electron chi connectivity index (χ0n) is 46.0. The van der Waals surface area contributed by atoms with Crippen LogP contribution < -0.4 is 0 Å². The molecule has 7 N–H and O–H groups in total. The van der Waals surface area contributed by atoms with Gasteiger partial charge in [0.05, 0.1) is 57.7 Å². The van der Waals surface area contributed by atoms with Gasteiger partial charge in [0, 0.05) is 23.8 Å². The van der Waals surface area contributed by atoms with Crippen molar-refractivity contribution in [1.29, 1.82) is 0 Å². The molecule has 2 atom stereocenters. The van der Waals surface area contributed by atoms with Gasteiger partial charge in [0.2, 0.25) is 20.6 Å². The number of aryl methyl sites for hydroxylation is 3. The van der Waals surface area contributed by atoms with Gasteiger partial charge in [-0.1, -0.05) is 64.7 Å². The lowest BCUT2D eigenvalue weighted by molar-refractivity contribution is -0.136. The van der Waals surface area contributed by atoms with Gasteiger partial charge >= 0.3 is 29.8 Å². The maximum Gasteiger partial charge on any atom is 0.335 e. The average Bonchev–Trinajstić information content (AvgIpc) is 4.27. The Morgan fingerprint density at radius 1 is 0.506 bits per heavy atom. The number of tetrazole rings is 4. The van der Waals surface area contributed by atoms with E-state index in [-0.39, 0.29) is 34.6 Å². The number of aliphatic carboxylic acids is 1. The molecule has 0 radical (unpaired) electrons. The predicted molar refractivity (Wildman–Crippen MR) is 311 cm³/mol. The zero-order chi connectivity index (χ0) is 61.7. The van der Waals surface area contributed by atoms with Crippen molar-refractivity contribution in [2.24, 2.45) is 0 Å². The van der Waals surface area contributed by atoms with Gasteiger partial charge in [0.15, 0.2) is 0 Å². The summed E-state index contributed by atoms with van der Waals surface area (Å²) in [4.78, 5) is 56.2. The molecule has 0 aliphatic rings. The van der Waals surface area contributed by atoms with Crippen LogP contribution in [0.1, 0.15) is 70.6 Å². The molecule has 29 nitrogen and oxygen atoms in total. The van der Waals surface area contributed by atoms with E-state index in [4.69, 9.17) is 30.6 Å². The first-order chi connectivity index (χ1) is 40.6. The van der Waals surface area contributed by atoms with Crippen molar-refractivity contribution in [2.45, 2.75) is 65.4 Å². The van der Waals surface area contributed by atoms with E-state index in [1.54, 1.807) is 93.6 Å². The standard InChI is InChI=1S/C18H18N4O2S.C12H15N5O2S.C11H10N4O4S.C11H12N4O4S/c1-11-8-12(2)16(13(3)9-11)10-25-18-19-20-21-22(18)15-6-4-14(5-7-15)17(23)24;1-16(2)7-8-20-12-13-14-15-17(12)10-5-3-9(4-6-10)11(18)19;1-6(9(16)17)20-11-12-13-14-15(11)8-4-2-7(3-5-8)10(18)19;16-5-9(17)6-20-11-12-13-14-15(11)8-3-1-7(2-4-8)10(18)19/h4-9H,10H2,1-3H3,(H,23,24);3-6H,7-8H2,1-2H3,(H,18,19);2-6H,1H3,(H,16,17)(H,18,19);1-4,9,16-17H,5-6H2,(H,18,19). The van der Waals surface area contributed by atoms with Crippen LogP contribution >= 0.6 is 47.0 Å². The summed E-state index contributed by atoms with van der Waals surface area (Å²) >= 11 is 5.31. The van der Waals surface area contributed by atoms with E-state index < -0.39 is 41.2 Å². The molecule has 33 heteroatoms. The van der Waals surface area contributed by atoms with Crippen LogP contribution in [0.15, 0.2) is 130 Å². The number of aromatic carboxylic acids is 4. The monoisotopic (exact) mass is 1240 g/mol. The van der Waals surface area contributed by atoms with Crippen molar-refractivity contribution in [3.63, 3.8) is 0 Å². The molecule has 0 aliphatic carbocycles. The number of carbonyl (C=O) groups is 5. The molecule has 4 aromatic heterocycles. The molecule has 0 aliphatic heterocycles. The molecule has 0 saturated carbocycles. The maximum absolute atomic E-state index is 11.0. The number of benzene rings is 5. The highest BCUT2D eigenvalue weighted by Crippen LogP contribution is 2.28. The molecule has 0 fully saturated rings. The summed E-state index contributed by atoms with van der Waals surface area (Å²) < 4.78 is 6.01. The van der Waals surface area contributed by atoms with Crippen LogP contribution in [-0.4, -0.2) is 201 Å². The quantitative estimate of drug-likeness (QED) is 0.0422. The molecule has 0 bridgehead atoms. The van der Waals surface area contributed by atoms with Crippen molar-refractivity contribution < 1.29 is 59.7 Å². The third-order valence-corrected chi connectivity index (χ3v) is 15.3. The second-order valence-corrected chi connectivity index (χ2v) is 22.3. The van der Waals surface area contributed by atoms with Crippen molar-refractivity contribution in [1.82, 2.24) is 85.7 Å². The first kappa shape index (κ1) is 65.2. The summed E-state index contributed by atoms with van der Waals surface area (Å²) in [6.07, 6.45) is -0.848. The fraction of sp³-hybridized carbons (Fsp3) is 0.250. The van der Waals surface area contributed by atoms with Crippen LogP contribution in [-0.2, 0) is 10.5 Å². The Bertz CT molecular complexity index is 3650. The topological polar surface area (TPSA) is 405 Å². The van der Waals surface area contributed by atoms with Crippen LogP contribution in [0.4, 0.5) is 0 Å². The minimum atomic E-state index is -1.03. The number of hydrogen-bond acceptors (Lipinski definition) is 24. The number of carboxylic acid groups (broad SMARTS) is 5. The van der Waals surface area contributed by atoms with Crippen LogP contribution in [0.2, 0.25) is 0 Å². The highest BCUT2D eigenvalue weighted by atomic mass is 32.2. The van der Waals surface area contributed by atoms with Crippen LogP contribution in [0.25, 0.3) is 22.7 Å². The number of nitrogens with zero attached hydrogens (tertiary/aromatic N) is 17. The van der Waals surface area contributed by atoms with Crippen LogP contribution in [0.3, 0.4) is 0 Å². The third-order valence-electron chi connectivity index (χ3n) is 11.4. The molecule has 2 unspecified atom stereocenters. The Balaban J connectivity index is 0.000000182. The lowest BCUT2D eigenvalue weighted by Crippen LogP contribution is -2.15. The fourth-order valence-corrected chi connectivity index (χ4v) is 10.6. The normalized spacial score (nSPS) is 11.5. The van der Waals surface area contributed by atoms with Gasteiger partial charge in [0.25, 0.3) is 0 Å². The summed E-state index contributed by atoms with van der Waals surface area (Å²) in [5.41, 5.74) is 8.49. The van der Waals surface area contributed by atoms with E-state index in [2.05, 4.69) is 99.9 Å². The maximum atomic E-state index is 11.0. The van der Waals surface area contributed by atoms with Crippen LogP contribution in [0, 0.1) is 20.8 Å². The number of aromatic nitrogens is 16. The summed E-state index contributed by atoms with van der Waals surface area (Å²) in [7, 11) is 4.02. The molecule has 9 aromatic rings. The largest absolute Gasteiger partial charge is 0.480 e. The number of aliphatic hydroxyl groups is 2. The first-order valence-corrected chi connectivity index (χ1v) is 28.7. The third kappa shape index (κ3) is 19.0. The minimum absolute atomic E-state index is 0.148. The van der Waals surface area contributed by atoms with E-state index in [0.717, 1.165) is 41.2 Å². The Hall–Kier alpha value is -8.99. The second-order valence-electron chi connectivity index (χ2n) is 18.0. The lowest BCUT2D eigenvalue weighted by Gasteiger charge is -2.11. The van der Waals surface area contributed by atoms with Gasteiger partial charge in [-0.05, 0) is 197 Å². The highest BCUT2D eigenvalue weighted by Gasteiger charge is 2.20. The van der Waals surface area contributed by atoms with E-state index in [1.165, 1.54) is 86.7 Å². The smallest absolute Gasteiger partial charge is 0.335 e. The summed E-state index contributed by atoms with van der Waals surface area (Å²) in [5, 5.41) is 110. The molecular weight excluding hydrogens is 1180 g/mol. The van der Waals surface area contributed by atoms with Crippen LogP contribution in [0.5, 0.6) is 0 Å². The Morgan fingerprint density at radius 2 is 0.835 bits per heavy atom. The molecule has 5 aromatic carbocycles. The molecule has 0 saturated heterocycles. The fourth-order valence-electron chi connectivity index (χ4n) is 7.01. The Labute approximate surface area is 500 Å². The Morgan fingerprint density at radius 3 is 1.16 bits per heavy atom. The second kappa shape index (κ2) is 31.6. The average molecular weight is 1240 g/mol. The van der Waals surface area contributed by atoms with E-state index in [9.17, 15) is 29.1 Å². The first-order valence-electron chi connectivity index (χ1n) is 24.9. The van der Waals surface area contributed by atoms with Crippen molar-refractivity contribution in [3.8, 4) is 22.7 Å².